The number of nitrogens with two attached hydrogens (primary N) is 1. The van der Waals surface area contributed by atoms with Gasteiger partial charge in [-0.25, -0.2) is 4.39 Å². The second kappa shape index (κ2) is 2.65. The number of hydrogen-bond acceptors (Lipinski definition) is 2. The van der Waals surface area contributed by atoms with Crippen LogP contribution in [0.15, 0.2) is 12.3 Å². The molecule has 11 heavy (non-hydrogen) atoms. The zero-order chi connectivity index (χ0) is 8.43. The Bertz CT molecular complexity index is 298. The average molecular weight is 154 g/mol. The summed E-state index contributed by atoms with van der Waals surface area (Å²) in [6.45, 7) is 1.66. The normalized spacial score (nSPS) is 9.64. The lowest BCUT2D eigenvalue weighted by Gasteiger charge is -1.97. The van der Waals surface area contributed by atoms with Crippen LogP contribution in [0.25, 0.3) is 0 Å². The maximum Gasteiger partial charge on any atom is 0.251 e. The minimum Gasteiger partial charge on any atom is -0.366 e. The fourth-order valence-corrected chi connectivity index (χ4v) is 0.732. The third-order valence-corrected chi connectivity index (χ3v) is 1.26. The van der Waals surface area contributed by atoms with E-state index in [0.29, 0.717) is 5.69 Å². The number of pyridine rings is 1. The van der Waals surface area contributed by atoms with Gasteiger partial charge in [-0.2, -0.15) is 0 Å². The minimum atomic E-state index is -0.770. The first-order valence-corrected chi connectivity index (χ1v) is 3.03. The second-order valence-corrected chi connectivity index (χ2v) is 2.17. The summed E-state index contributed by atoms with van der Waals surface area (Å²) in [6.07, 6.45) is 0.982. The fraction of sp³-hybridized carbons (Fsp3) is 0.143. The van der Waals surface area contributed by atoms with E-state index in [1.54, 1.807) is 6.92 Å². The van der Waals surface area contributed by atoms with Crippen molar-refractivity contribution in [2.75, 3.05) is 0 Å². The number of amides is 1. The average Bonchev–Trinajstić information content (AvgIpc) is 1.94. The molecular formula is C7H7FN2O. The van der Waals surface area contributed by atoms with Gasteiger partial charge in [-0.1, -0.05) is 0 Å². The highest BCUT2D eigenvalue weighted by atomic mass is 19.1. The van der Waals surface area contributed by atoms with Crippen molar-refractivity contribution in [3.05, 3.63) is 29.3 Å². The van der Waals surface area contributed by atoms with Crippen LogP contribution in [-0.2, 0) is 0 Å². The van der Waals surface area contributed by atoms with Gasteiger partial charge in [-0.05, 0) is 13.0 Å². The van der Waals surface area contributed by atoms with Gasteiger partial charge in [0.15, 0.2) is 5.82 Å². The summed E-state index contributed by atoms with van der Waals surface area (Å²) in [7, 11) is 0. The van der Waals surface area contributed by atoms with Gasteiger partial charge in [0, 0.05) is 5.69 Å². The monoisotopic (exact) mass is 154 g/mol. The van der Waals surface area contributed by atoms with Crippen molar-refractivity contribution < 1.29 is 9.18 Å². The first kappa shape index (κ1) is 7.65. The third kappa shape index (κ3) is 1.52. The topological polar surface area (TPSA) is 56.0 Å². The van der Waals surface area contributed by atoms with E-state index < -0.39 is 11.7 Å². The summed E-state index contributed by atoms with van der Waals surface area (Å²) in [5.41, 5.74) is 5.33. The number of rotatable bonds is 1. The first-order chi connectivity index (χ1) is 5.11. The summed E-state index contributed by atoms with van der Waals surface area (Å²) in [5.74, 6) is -1.45. The van der Waals surface area contributed by atoms with Crippen LogP contribution in [0.5, 0.6) is 0 Å². The molecule has 0 fully saturated rings. The molecular weight excluding hydrogens is 147 g/mol. The van der Waals surface area contributed by atoms with Gasteiger partial charge in [0.1, 0.15) is 0 Å². The highest BCUT2D eigenvalue weighted by molar-refractivity contribution is 5.92. The molecule has 0 aliphatic heterocycles. The predicted octanol–water partition coefficient (Wildman–Crippen LogP) is 0.628. The Kier molecular flexibility index (Phi) is 1.85. The largest absolute Gasteiger partial charge is 0.366 e. The van der Waals surface area contributed by atoms with E-state index >= 15 is 0 Å². The van der Waals surface area contributed by atoms with Gasteiger partial charge in [-0.15, -0.1) is 0 Å². The number of aromatic nitrogens is 1. The van der Waals surface area contributed by atoms with Crippen molar-refractivity contribution in [2.45, 2.75) is 6.92 Å². The van der Waals surface area contributed by atoms with E-state index in [4.69, 9.17) is 5.73 Å². The third-order valence-electron chi connectivity index (χ3n) is 1.26. The van der Waals surface area contributed by atoms with Gasteiger partial charge in [0.25, 0.3) is 5.91 Å². The Balaban J connectivity index is 3.23. The maximum atomic E-state index is 12.7. The van der Waals surface area contributed by atoms with Crippen LogP contribution in [0.3, 0.4) is 0 Å². The van der Waals surface area contributed by atoms with Crippen molar-refractivity contribution >= 4 is 5.91 Å². The van der Waals surface area contributed by atoms with E-state index in [-0.39, 0.29) is 5.56 Å². The van der Waals surface area contributed by atoms with Crippen LogP contribution in [0, 0.1) is 12.7 Å². The highest BCUT2D eigenvalue weighted by Gasteiger charge is 2.07. The lowest BCUT2D eigenvalue weighted by molar-refractivity contribution is 0.0996. The van der Waals surface area contributed by atoms with Gasteiger partial charge >= 0.3 is 0 Å². The van der Waals surface area contributed by atoms with E-state index in [1.165, 1.54) is 6.07 Å². The smallest absolute Gasteiger partial charge is 0.251 e. The molecule has 0 spiro atoms. The lowest BCUT2D eigenvalue weighted by Crippen LogP contribution is -2.13. The molecule has 2 N–H and O–H groups in total. The second-order valence-electron chi connectivity index (χ2n) is 2.17. The minimum absolute atomic E-state index is 0.113. The molecule has 0 unspecified atom stereocenters. The fourth-order valence-electron chi connectivity index (χ4n) is 0.732. The quantitative estimate of drug-likeness (QED) is 0.644. The van der Waals surface area contributed by atoms with E-state index in [0.717, 1.165) is 6.20 Å². The summed E-state index contributed by atoms with van der Waals surface area (Å²) in [6, 6.07) is 1.32. The number of carbonyl (C=O) groups is 1. The lowest BCUT2D eigenvalue weighted by atomic mass is 10.2. The molecule has 4 heteroatoms. The molecule has 0 saturated carbocycles. The van der Waals surface area contributed by atoms with Crippen LogP contribution in [0.1, 0.15) is 16.1 Å². The van der Waals surface area contributed by atoms with Crippen LogP contribution in [-0.4, -0.2) is 10.9 Å². The summed E-state index contributed by atoms with van der Waals surface area (Å²) >= 11 is 0. The number of nitrogens with zero attached hydrogens (tertiary/aromatic N) is 1. The Labute approximate surface area is 63.0 Å². The molecule has 1 aromatic rings. The summed E-state index contributed by atoms with van der Waals surface area (Å²) in [5, 5.41) is 0. The Morgan fingerprint density at radius 1 is 1.73 bits per heavy atom. The van der Waals surface area contributed by atoms with Crippen molar-refractivity contribution in [2.24, 2.45) is 5.73 Å². The van der Waals surface area contributed by atoms with Crippen molar-refractivity contribution in [3.8, 4) is 0 Å². The SMILES string of the molecule is Cc1cc(C(N)=O)c(F)cn1. The van der Waals surface area contributed by atoms with E-state index in [2.05, 4.69) is 4.98 Å². The predicted molar refractivity (Wildman–Crippen MR) is 37.4 cm³/mol. The van der Waals surface area contributed by atoms with Crippen LogP contribution >= 0.6 is 0 Å². The molecule has 0 saturated heterocycles. The Hall–Kier alpha value is -1.45. The molecule has 0 aliphatic carbocycles. The molecule has 0 radical (unpaired) electrons. The van der Waals surface area contributed by atoms with Crippen LogP contribution in [0.4, 0.5) is 4.39 Å². The van der Waals surface area contributed by atoms with Crippen LogP contribution in [0.2, 0.25) is 0 Å². The highest BCUT2D eigenvalue weighted by Crippen LogP contribution is 2.05. The number of halogens is 1. The molecule has 0 atom stereocenters. The number of carbonyl (C=O) groups excluding carboxylic acids is 1. The maximum absolute atomic E-state index is 12.7. The molecule has 1 heterocycles. The van der Waals surface area contributed by atoms with Crippen molar-refractivity contribution in [1.82, 2.24) is 4.98 Å². The molecule has 1 aromatic heterocycles. The molecule has 58 valence electrons. The Morgan fingerprint density at radius 3 is 2.82 bits per heavy atom. The summed E-state index contributed by atoms with van der Waals surface area (Å²) < 4.78 is 12.7. The van der Waals surface area contributed by atoms with E-state index in [9.17, 15) is 9.18 Å². The first-order valence-electron chi connectivity index (χ1n) is 3.03. The van der Waals surface area contributed by atoms with Gasteiger partial charge in [0.05, 0.1) is 11.8 Å². The Morgan fingerprint density at radius 2 is 2.36 bits per heavy atom. The van der Waals surface area contributed by atoms with Crippen molar-refractivity contribution in [3.63, 3.8) is 0 Å². The van der Waals surface area contributed by atoms with Gasteiger partial charge in [-0.3, -0.25) is 9.78 Å². The standard InChI is InChI=1S/C7H7FN2O/c1-4-2-5(7(9)11)6(8)3-10-4/h2-3H,1H3,(H2,9,11). The molecule has 3 nitrogen and oxygen atoms in total. The number of primary amides is 1. The molecule has 1 amide bonds. The summed E-state index contributed by atoms with van der Waals surface area (Å²) in [4.78, 5) is 14.2. The van der Waals surface area contributed by atoms with Crippen LogP contribution < -0.4 is 5.73 Å². The molecule has 0 bridgehead atoms. The zero-order valence-electron chi connectivity index (χ0n) is 5.97. The van der Waals surface area contributed by atoms with Crippen molar-refractivity contribution in [1.29, 1.82) is 0 Å². The van der Waals surface area contributed by atoms with E-state index in [1.807, 2.05) is 0 Å². The van der Waals surface area contributed by atoms with Gasteiger partial charge < -0.3 is 5.73 Å². The number of hydrogen-bond donors (Lipinski definition) is 1. The molecule has 0 aliphatic rings. The molecule has 1 rings (SSSR count). The number of aryl methyl sites for hydroxylation is 1. The van der Waals surface area contributed by atoms with Gasteiger partial charge in [0.2, 0.25) is 0 Å². The molecule has 0 aromatic carbocycles. The zero-order valence-corrected chi connectivity index (χ0v) is 5.97.